The smallest absolute Gasteiger partial charge is 0.289 e. The van der Waals surface area contributed by atoms with Gasteiger partial charge in [-0.15, -0.1) is 12.4 Å². The van der Waals surface area contributed by atoms with Crippen LogP contribution in [0.25, 0.3) is 11.0 Å². The van der Waals surface area contributed by atoms with Crippen molar-refractivity contribution in [2.24, 2.45) is 7.05 Å². The fourth-order valence-corrected chi connectivity index (χ4v) is 4.32. The topological polar surface area (TPSA) is 86.8 Å². The van der Waals surface area contributed by atoms with Gasteiger partial charge in [-0.2, -0.15) is 15.1 Å². The van der Waals surface area contributed by atoms with Gasteiger partial charge in [0.1, 0.15) is 5.82 Å². The van der Waals surface area contributed by atoms with Gasteiger partial charge in [0.2, 0.25) is 5.95 Å². The Balaban J connectivity index is 0.00000245. The lowest BCUT2D eigenvalue weighted by molar-refractivity contribution is 0.0714. The Kier molecular flexibility index (Phi) is 6.52. The molecule has 0 aromatic carbocycles. The van der Waals surface area contributed by atoms with Gasteiger partial charge < -0.3 is 24.0 Å². The van der Waals surface area contributed by atoms with E-state index in [1.54, 1.807) is 12.1 Å². The lowest BCUT2D eigenvalue weighted by atomic mass is 10.2. The molecule has 0 spiro atoms. The normalized spacial score (nSPS) is 17.6. The van der Waals surface area contributed by atoms with E-state index in [0.717, 1.165) is 49.6 Å². The minimum atomic E-state index is -0.0675. The number of furan rings is 1. The van der Waals surface area contributed by atoms with Crippen LogP contribution in [0.4, 0.5) is 11.8 Å². The standard InChI is InChI=1S/C21H28N8O2.ClH/c1-3-26-6-8-27(9-7-26)19-16-15-22-25(2)18(16)23-21(24-19)29-12-10-28(11-13-29)20(30)17-5-4-14-31-17;/h4-5,14-15H,3,6-13H2,1-2H3;1H. The zero-order chi connectivity index (χ0) is 21.4. The van der Waals surface area contributed by atoms with Gasteiger partial charge in [0.15, 0.2) is 11.4 Å². The van der Waals surface area contributed by atoms with E-state index in [1.165, 1.54) is 6.26 Å². The van der Waals surface area contributed by atoms with Crippen LogP contribution < -0.4 is 9.80 Å². The Morgan fingerprint density at radius 3 is 2.41 bits per heavy atom. The zero-order valence-electron chi connectivity index (χ0n) is 18.5. The molecule has 3 aromatic heterocycles. The predicted molar refractivity (Wildman–Crippen MR) is 125 cm³/mol. The number of aromatic nitrogens is 4. The van der Waals surface area contributed by atoms with Crippen molar-refractivity contribution in [3.8, 4) is 0 Å². The maximum Gasteiger partial charge on any atom is 0.289 e. The highest BCUT2D eigenvalue weighted by Gasteiger charge is 2.27. The molecule has 172 valence electrons. The number of rotatable bonds is 4. The zero-order valence-corrected chi connectivity index (χ0v) is 19.3. The molecule has 0 unspecified atom stereocenters. The van der Waals surface area contributed by atoms with E-state index in [2.05, 4.69) is 26.7 Å². The van der Waals surface area contributed by atoms with Crippen molar-refractivity contribution in [2.75, 3.05) is 68.7 Å². The van der Waals surface area contributed by atoms with Crippen LogP contribution in [0.1, 0.15) is 17.5 Å². The van der Waals surface area contributed by atoms with Crippen molar-refractivity contribution in [2.45, 2.75) is 6.92 Å². The molecule has 5 rings (SSSR count). The van der Waals surface area contributed by atoms with Gasteiger partial charge in [-0.25, -0.2) is 0 Å². The van der Waals surface area contributed by atoms with Gasteiger partial charge in [0.05, 0.1) is 17.8 Å². The average Bonchev–Trinajstić information content (AvgIpc) is 3.49. The molecule has 0 saturated carbocycles. The SMILES string of the molecule is CCN1CCN(c2nc(N3CCN(C(=O)c4ccco4)CC3)nc3c2cnn3C)CC1.Cl. The van der Waals surface area contributed by atoms with E-state index < -0.39 is 0 Å². The number of amides is 1. The minimum Gasteiger partial charge on any atom is -0.459 e. The summed E-state index contributed by atoms with van der Waals surface area (Å²) in [5.41, 5.74) is 0.840. The maximum atomic E-state index is 12.6. The number of aryl methyl sites for hydroxylation is 1. The van der Waals surface area contributed by atoms with Crippen LogP contribution in [0.15, 0.2) is 29.0 Å². The first-order valence-electron chi connectivity index (χ1n) is 10.9. The van der Waals surface area contributed by atoms with Crippen LogP contribution in [-0.2, 0) is 7.05 Å². The number of anilines is 2. The number of hydrogen-bond acceptors (Lipinski definition) is 8. The van der Waals surface area contributed by atoms with Gasteiger partial charge in [0.25, 0.3) is 5.91 Å². The summed E-state index contributed by atoms with van der Waals surface area (Å²) in [4.78, 5) is 31.1. The second-order valence-corrected chi connectivity index (χ2v) is 8.03. The average molecular weight is 461 g/mol. The van der Waals surface area contributed by atoms with E-state index in [0.29, 0.717) is 37.9 Å². The quantitative estimate of drug-likeness (QED) is 0.578. The molecule has 0 bridgehead atoms. The molecule has 10 nitrogen and oxygen atoms in total. The second-order valence-electron chi connectivity index (χ2n) is 8.03. The lowest BCUT2D eigenvalue weighted by Crippen LogP contribution is -2.49. The van der Waals surface area contributed by atoms with Crippen LogP contribution in [0, 0.1) is 0 Å². The number of nitrogens with zero attached hydrogens (tertiary/aromatic N) is 8. The van der Waals surface area contributed by atoms with Gasteiger partial charge in [-0.3, -0.25) is 9.48 Å². The molecule has 0 aliphatic carbocycles. The molecule has 0 radical (unpaired) electrons. The Bertz CT molecular complexity index is 1050. The van der Waals surface area contributed by atoms with Crippen molar-refractivity contribution >= 4 is 41.1 Å². The van der Waals surface area contributed by atoms with Crippen LogP contribution in [0.3, 0.4) is 0 Å². The van der Waals surface area contributed by atoms with Gasteiger partial charge >= 0.3 is 0 Å². The Hall–Kier alpha value is -2.85. The third-order valence-corrected chi connectivity index (χ3v) is 6.26. The molecule has 11 heteroatoms. The van der Waals surface area contributed by atoms with Gasteiger partial charge in [0, 0.05) is 59.4 Å². The highest BCUT2D eigenvalue weighted by Crippen LogP contribution is 2.27. The van der Waals surface area contributed by atoms with E-state index in [4.69, 9.17) is 14.4 Å². The summed E-state index contributed by atoms with van der Waals surface area (Å²) in [5, 5.41) is 5.42. The van der Waals surface area contributed by atoms with E-state index in [9.17, 15) is 4.79 Å². The number of piperazine rings is 2. The summed E-state index contributed by atoms with van der Waals surface area (Å²) >= 11 is 0. The minimum absolute atomic E-state index is 0. The van der Waals surface area contributed by atoms with Crippen LogP contribution in [-0.4, -0.2) is 94.4 Å². The first-order valence-corrected chi connectivity index (χ1v) is 10.9. The summed E-state index contributed by atoms with van der Waals surface area (Å²) in [5.74, 6) is 1.98. The third kappa shape index (κ3) is 4.12. The monoisotopic (exact) mass is 460 g/mol. The third-order valence-electron chi connectivity index (χ3n) is 6.26. The van der Waals surface area contributed by atoms with Crippen molar-refractivity contribution < 1.29 is 9.21 Å². The molecule has 2 fully saturated rings. The molecule has 2 aliphatic heterocycles. The van der Waals surface area contributed by atoms with Crippen molar-refractivity contribution in [1.82, 2.24) is 29.5 Å². The number of carbonyl (C=O) groups excluding carboxylic acids is 1. The Morgan fingerprint density at radius 1 is 1.03 bits per heavy atom. The molecule has 0 atom stereocenters. The first kappa shape index (κ1) is 22.3. The Morgan fingerprint density at radius 2 is 1.75 bits per heavy atom. The van der Waals surface area contributed by atoms with E-state index in [1.807, 2.05) is 22.8 Å². The van der Waals surface area contributed by atoms with Crippen molar-refractivity contribution in [3.05, 3.63) is 30.4 Å². The maximum absolute atomic E-state index is 12.6. The number of fused-ring (bicyclic) bond motifs is 1. The number of halogens is 1. The molecule has 32 heavy (non-hydrogen) atoms. The predicted octanol–water partition coefficient (Wildman–Crippen LogP) is 1.48. The fraction of sp³-hybridized carbons (Fsp3) is 0.524. The highest BCUT2D eigenvalue weighted by atomic mass is 35.5. The van der Waals surface area contributed by atoms with E-state index >= 15 is 0 Å². The number of likely N-dealkylation sites (N-methyl/N-ethyl adjacent to an activating group) is 1. The first-order chi connectivity index (χ1) is 15.1. The summed E-state index contributed by atoms with van der Waals surface area (Å²) in [6.07, 6.45) is 3.39. The fourth-order valence-electron chi connectivity index (χ4n) is 4.32. The summed E-state index contributed by atoms with van der Waals surface area (Å²) in [6.45, 7) is 9.81. The molecule has 5 heterocycles. The molecule has 2 saturated heterocycles. The second kappa shape index (κ2) is 9.33. The van der Waals surface area contributed by atoms with Gasteiger partial charge in [-0.05, 0) is 18.7 Å². The molecular weight excluding hydrogens is 432 g/mol. The number of hydrogen-bond donors (Lipinski definition) is 0. The molecule has 2 aliphatic rings. The van der Waals surface area contributed by atoms with Crippen molar-refractivity contribution in [3.63, 3.8) is 0 Å². The van der Waals surface area contributed by atoms with Crippen molar-refractivity contribution in [1.29, 1.82) is 0 Å². The van der Waals surface area contributed by atoms with Crippen LogP contribution >= 0.6 is 12.4 Å². The molecule has 0 N–H and O–H groups in total. The van der Waals surface area contributed by atoms with Gasteiger partial charge in [-0.1, -0.05) is 6.92 Å². The largest absolute Gasteiger partial charge is 0.459 e. The lowest BCUT2D eigenvalue weighted by Gasteiger charge is -2.36. The molecule has 3 aromatic rings. The summed E-state index contributed by atoms with van der Waals surface area (Å²) in [7, 11) is 1.91. The van der Waals surface area contributed by atoms with Crippen LogP contribution in [0.2, 0.25) is 0 Å². The van der Waals surface area contributed by atoms with Crippen LogP contribution in [0.5, 0.6) is 0 Å². The summed E-state index contributed by atoms with van der Waals surface area (Å²) < 4.78 is 7.07. The van der Waals surface area contributed by atoms with E-state index in [-0.39, 0.29) is 18.3 Å². The highest BCUT2D eigenvalue weighted by molar-refractivity contribution is 5.91. The number of carbonyl (C=O) groups is 1. The molecular formula is C21H29ClN8O2. The Labute approximate surface area is 193 Å². The molecule has 1 amide bonds. The summed E-state index contributed by atoms with van der Waals surface area (Å²) in [6, 6.07) is 3.45.